The van der Waals surface area contributed by atoms with Crippen LogP contribution in [-0.2, 0) is 16.6 Å². The molecule has 2 aliphatic rings. The Morgan fingerprint density at radius 1 is 1.43 bits per heavy atom. The van der Waals surface area contributed by atoms with Crippen molar-refractivity contribution in [2.24, 2.45) is 13.0 Å². The van der Waals surface area contributed by atoms with Gasteiger partial charge in [0.05, 0.1) is 12.0 Å². The van der Waals surface area contributed by atoms with Crippen LogP contribution in [0.1, 0.15) is 26.2 Å². The predicted molar refractivity (Wildman–Crippen MR) is 86.4 cm³/mol. The first-order valence-corrected chi connectivity index (χ1v) is 8.25. The van der Waals surface area contributed by atoms with E-state index < -0.39 is 0 Å². The van der Waals surface area contributed by atoms with Crippen LogP contribution in [0.3, 0.4) is 0 Å². The van der Waals surface area contributed by atoms with Crippen molar-refractivity contribution in [3.63, 3.8) is 0 Å². The lowest BCUT2D eigenvalue weighted by Crippen LogP contribution is -2.51. The first-order valence-electron chi connectivity index (χ1n) is 8.25. The van der Waals surface area contributed by atoms with Gasteiger partial charge in [0.2, 0.25) is 5.91 Å². The number of aromatic nitrogens is 2. The number of ether oxygens (including phenoxy) is 1. The molecule has 0 aromatic carbocycles. The van der Waals surface area contributed by atoms with Gasteiger partial charge in [-0.25, -0.2) is 4.98 Å². The van der Waals surface area contributed by atoms with Gasteiger partial charge in [-0.15, -0.1) is 0 Å². The van der Waals surface area contributed by atoms with Gasteiger partial charge in [-0.05, 0) is 26.2 Å². The van der Waals surface area contributed by atoms with E-state index in [2.05, 4.69) is 10.3 Å². The monoisotopic (exact) mass is 320 g/mol. The second-order valence-electron chi connectivity index (χ2n) is 6.43. The number of carbonyl (C=O) groups excluding carboxylic acids is 1. The van der Waals surface area contributed by atoms with Crippen molar-refractivity contribution < 1.29 is 9.53 Å². The van der Waals surface area contributed by atoms with Gasteiger partial charge < -0.3 is 19.5 Å². The van der Waals surface area contributed by atoms with Gasteiger partial charge in [-0.3, -0.25) is 9.59 Å². The Kier molecular flexibility index (Phi) is 4.66. The van der Waals surface area contributed by atoms with E-state index in [1.54, 1.807) is 19.4 Å². The number of anilines is 1. The third kappa shape index (κ3) is 3.39. The Morgan fingerprint density at radius 3 is 3.00 bits per heavy atom. The lowest BCUT2D eigenvalue weighted by Gasteiger charge is -2.34. The normalized spacial score (nSPS) is 27.9. The van der Waals surface area contributed by atoms with Gasteiger partial charge in [-0.1, -0.05) is 0 Å². The molecule has 7 nitrogen and oxygen atoms in total. The van der Waals surface area contributed by atoms with Crippen molar-refractivity contribution in [1.29, 1.82) is 0 Å². The second-order valence-corrected chi connectivity index (χ2v) is 6.43. The van der Waals surface area contributed by atoms with E-state index >= 15 is 0 Å². The second kappa shape index (κ2) is 6.70. The van der Waals surface area contributed by atoms with E-state index in [1.165, 1.54) is 4.57 Å². The molecule has 2 saturated heterocycles. The molecule has 126 valence electrons. The molecule has 2 aliphatic heterocycles. The molecule has 1 amide bonds. The molecule has 0 aliphatic carbocycles. The minimum absolute atomic E-state index is 0.0159. The number of hydrogen-bond donors (Lipinski definition) is 1. The highest BCUT2D eigenvalue weighted by atomic mass is 16.5. The molecule has 23 heavy (non-hydrogen) atoms. The lowest BCUT2D eigenvalue weighted by molar-refractivity contribution is -0.127. The van der Waals surface area contributed by atoms with Crippen LogP contribution in [0.25, 0.3) is 0 Å². The quantitative estimate of drug-likeness (QED) is 0.866. The lowest BCUT2D eigenvalue weighted by atomic mass is 9.99. The number of aryl methyl sites for hydroxylation is 1. The number of piperidine rings is 1. The molecule has 0 radical (unpaired) electrons. The first-order chi connectivity index (χ1) is 11.1. The van der Waals surface area contributed by atoms with Crippen LogP contribution in [-0.4, -0.2) is 47.3 Å². The van der Waals surface area contributed by atoms with Crippen molar-refractivity contribution in [3.05, 3.63) is 22.7 Å². The SMILES string of the molecule is C[C@@H]1OCC[C@H]1C(=O)N[C@@H]1CCCN(c2nccn(C)c2=O)C1. The highest BCUT2D eigenvalue weighted by molar-refractivity contribution is 5.79. The summed E-state index contributed by atoms with van der Waals surface area (Å²) in [7, 11) is 1.72. The zero-order valence-electron chi connectivity index (χ0n) is 13.7. The number of carbonyl (C=O) groups is 1. The summed E-state index contributed by atoms with van der Waals surface area (Å²) in [5.41, 5.74) is -0.0997. The van der Waals surface area contributed by atoms with E-state index in [1.807, 2.05) is 11.8 Å². The summed E-state index contributed by atoms with van der Waals surface area (Å²) in [5, 5.41) is 3.13. The molecule has 3 rings (SSSR count). The smallest absolute Gasteiger partial charge is 0.293 e. The van der Waals surface area contributed by atoms with Gasteiger partial charge in [0.1, 0.15) is 0 Å². The maximum Gasteiger partial charge on any atom is 0.293 e. The van der Waals surface area contributed by atoms with E-state index in [4.69, 9.17) is 4.74 Å². The fourth-order valence-electron chi connectivity index (χ4n) is 3.37. The van der Waals surface area contributed by atoms with Crippen LogP contribution in [0, 0.1) is 5.92 Å². The van der Waals surface area contributed by atoms with Gasteiger partial charge in [-0.2, -0.15) is 0 Å². The van der Waals surface area contributed by atoms with Crippen molar-refractivity contribution in [3.8, 4) is 0 Å². The Bertz CT molecular complexity index is 630. The average Bonchev–Trinajstić information content (AvgIpc) is 2.96. The Labute approximate surface area is 135 Å². The fraction of sp³-hybridized carbons (Fsp3) is 0.688. The van der Waals surface area contributed by atoms with Gasteiger partial charge in [0.15, 0.2) is 5.82 Å². The first kappa shape index (κ1) is 16.0. The van der Waals surface area contributed by atoms with Crippen LogP contribution in [0.4, 0.5) is 5.82 Å². The standard InChI is InChI=1S/C16H24N4O3/c1-11-13(5-9-23-11)15(21)18-12-4-3-7-20(10-12)14-16(22)19(2)8-6-17-14/h6,8,11-13H,3-5,7,9-10H2,1-2H3,(H,18,21)/t11-,12+,13+/m0/s1. The maximum atomic E-state index is 12.4. The zero-order chi connectivity index (χ0) is 16.4. The Morgan fingerprint density at radius 2 is 2.26 bits per heavy atom. The van der Waals surface area contributed by atoms with Crippen LogP contribution in [0.2, 0.25) is 0 Å². The fourth-order valence-corrected chi connectivity index (χ4v) is 3.37. The van der Waals surface area contributed by atoms with Gasteiger partial charge >= 0.3 is 0 Å². The molecular weight excluding hydrogens is 296 g/mol. The number of rotatable bonds is 3. The molecule has 3 atom stereocenters. The van der Waals surface area contributed by atoms with Crippen molar-refractivity contribution in [2.45, 2.75) is 38.3 Å². The molecule has 1 aromatic heterocycles. The molecule has 0 bridgehead atoms. The van der Waals surface area contributed by atoms with Crippen molar-refractivity contribution in [1.82, 2.24) is 14.9 Å². The number of amides is 1. The van der Waals surface area contributed by atoms with Crippen molar-refractivity contribution in [2.75, 3.05) is 24.6 Å². The van der Waals surface area contributed by atoms with Crippen molar-refractivity contribution >= 4 is 11.7 Å². The van der Waals surface area contributed by atoms with Crippen LogP contribution >= 0.6 is 0 Å². The molecule has 0 saturated carbocycles. The summed E-state index contributed by atoms with van der Waals surface area (Å²) in [4.78, 5) is 30.8. The minimum atomic E-state index is -0.0997. The molecule has 1 aromatic rings. The van der Waals surface area contributed by atoms with E-state index in [0.29, 0.717) is 19.0 Å². The summed E-state index contributed by atoms with van der Waals surface area (Å²) in [5.74, 6) is 0.468. The number of nitrogens with one attached hydrogen (secondary N) is 1. The summed E-state index contributed by atoms with van der Waals surface area (Å²) in [6.07, 6.45) is 5.91. The molecule has 2 fully saturated rings. The highest BCUT2D eigenvalue weighted by Crippen LogP contribution is 2.21. The molecule has 7 heteroatoms. The highest BCUT2D eigenvalue weighted by Gasteiger charge is 2.33. The van der Waals surface area contributed by atoms with E-state index in [9.17, 15) is 9.59 Å². The summed E-state index contributed by atoms with van der Waals surface area (Å²) in [6, 6.07) is 0.0516. The summed E-state index contributed by atoms with van der Waals surface area (Å²) in [6.45, 7) is 4.02. The van der Waals surface area contributed by atoms with Crippen LogP contribution in [0.5, 0.6) is 0 Å². The Hall–Kier alpha value is -1.89. The minimum Gasteiger partial charge on any atom is -0.378 e. The number of hydrogen-bond acceptors (Lipinski definition) is 5. The zero-order valence-corrected chi connectivity index (χ0v) is 13.7. The molecular formula is C16H24N4O3. The molecule has 3 heterocycles. The molecule has 1 N–H and O–H groups in total. The third-order valence-electron chi connectivity index (χ3n) is 4.78. The van der Waals surface area contributed by atoms with Gasteiger partial charge in [0.25, 0.3) is 5.56 Å². The molecule has 0 unspecified atom stereocenters. The van der Waals surface area contributed by atoms with E-state index in [-0.39, 0.29) is 29.5 Å². The average molecular weight is 320 g/mol. The van der Waals surface area contributed by atoms with Crippen LogP contribution < -0.4 is 15.8 Å². The number of nitrogens with zero attached hydrogens (tertiary/aromatic N) is 3. The molecule has 0 spiro atoms. The summed E-state index contributed by atoms with van der Waals surface area (Å²) >= 11 is 0. The summed E-state index contributed by atoms with van der Waals surface area (Å²) < 4.78 is 7.00. The van der Waals surface area contributed by atoms with E-state index in [0.717, 1.165) is 25.8 Å². The van der Waals surface area contributed by atoms with Crippen LogP contribution in [0.15, 0.2) is 17.2 Å². The third-order valence-corrected chi connectivity index (χ3v) is 4.78. The topological polar surface area (TPSA) is 76.5 Å². The van der Waals surface area contributed by atoms with Gasteiger partial charge in [0, 0.05) is 45.2 Å². The predicted octanol–water partition coefficient (Wildman–Crippen LogP) is 0.290. The largest absolute Gasteiger partial charge is 0.378 e. The Balaban J connectivity index is 1.65. The maximum absolute atomic E-state index is 12.4.